The van der Waals surface area contributed by atoms with Gasteiger partial charge in [-0.05, 0) is 18.9 Å². The Balaban J connectivity index is 1.29. The Morgan fingerprint density at radius 1 is 1.25 bits per heavy atom. The van der Waals surface area contributed by atoms with Crippen molar-refractivity contribution < 1.29 is 23.6 Å². The lowest BCUT2D eigenvalue weighted by molar-refractivity contribution is -0.136. The van der Waals surface area contributed by atoms with Crippen LogP contribution in [0.2, 0.25) is 0 Å². The van der Waals surface area contributed by atoms with E-state index in [1.54, 1.807) is 25.1 Å². The molecule has 3 heterocycles. The zero-order valence-electron chi connectivity index (χ0n) is 18.4. The molecule has 1 atom stereocenters. The van der Waals surface area contributed by atoms with E-state index in [1.165, 1.54) is 0 Å². The number of amides is 3. The first-order chi connectivity index (χ1) is 15.5. The van der Waals surface area contributed by atoms with Gasteiger partial charge >= 0.3 is 0 Å². The van der Waals surface area contributed by atoms with Crippen LogP contribution in [0, 0.1) is 5.92 Å². The van der Waals surface area contributed by atoms with Gasteiger partial charge in [-0.15, -0.1) is 0 Å². The number of para-hydroxylation sites is 1. The number of aromatic nitrogens is 1. The highest BCUT2D eigenvalue weighted by molar-refractivity contribution is 5.91. The Hall–Kier alpha value is -3.36. The van der Waals surface area contributed by atoms with E-state index in [9.17, 15) is 14.4 Å². The second-order valence-electron chi connectivity index (χ2n) is 8.39. The molecule has 0 spiro atoms. The number of carbonyl (C=O) groups excluding carboxylic acids is 3. The van der Waals surface area contributed by atoms with Gasteiger partial charge in [-0.1, -0.05) is 23.4 Å². The molecule has 3 amide bonds. The maximum Gasteiger partial charge on any atom is 0.290 e. The van der Waals surface area contributed by atoms with Crippen LogP contribution in [-0.2, 0) is 16.1 Å². The van der Waals surface area contributed by atoms with Gasteiger partial charge in [0.05, 0.1) is 18.7 Å². The second-order valence-corrected chi connectivity index (χ2v) is 8.39. The van der Waals surface area contributed by atoms with Crippen LogP contribution in [0.4, 0.5) is 0 Å². The van der Waals surface area contributed by atoms with Crippen LogP contribution in [0.1, 0.15) is 47.0 Å². The van der Waals surface area contributed by atoms with Crippen LogP contribution >= 0.6 is 0 Å². The molecule has 0 bridgehead atoms. The summed E-state index contributed by atoms with van der Waals surface area (Å²) in [6.45, 7) is 2.03. The van der Waals surface area contributed by atoms with Crippen molar-refractivity contribution >= 4 is 17.7 Å². The molecule has 0 unspecified atom stereocenters. The summed E-state index contributed by atoms with van der Waals surface area (Å²) in [5, 5.41) is 6.93. The lowest BCUT2D eigenvalue weighted by Crippen LogP contribution is -2.42. The molecule has 4 rings (SSSR count). The van der Waals surface area contributed by atoms with Crippen LogP contribution in [0.15, 0.2) is 34.9 Å². The predicted octanol–water partition coefficient (Wildman–Crippen LogP) is 1.80. The number of likely N-dealkylation sites (tertiary alicyclic amines) is 2. The number of carbonyl (C=O) groups is 3. The number of methoxy groups -OCH3 is 1. The highest BCUT2D eigenvalue weighted by Crippen LogP contribution is 2.29. The van der Waals surface area contributed by atoms with Crippen molar-refractivity contribution in [3.05, 3.63) is 47.3 Å². The third kappa shape index (κ3) is 4.61. The van der Waals surface area contributed by atoms with Gasteiger partial charge in [-0.3, -0.25) is 14.4 Å². The minimum absolute atomic E-state index is 0.0253. The summed E-state index contributed by atoms with van der Waals surface area (Å²) in [5.41, 5.74) is 1.60. The first-order valence-corrected chi connectivity index (χ1v) is 10.9. The number of ether oxygens (including phenoxy) is 1. The molecule has 2 aliphatic heterocycles. The van der Waals surface area contributed by atoms with Crippen LogP contribution in [0.25, 0.3) is 0 Å². The fourth-order valence-electron chi connectivity index (χ4n) is 4.38. The van der Waals surface area contributed by atoms with E-state index >= 15 is 0 Å². The van der Waals surface area contributed by atoms with Crippen molar-refractivity contribution in [2.75, 3.05) is 33.8 Å². The van der Waals surface area contributed by atoms with E-state index in [0.717, 1.165) is 24.1 Å². The van der Waals surface area contributed by atoms with E-state index in [4.69, 9.17) is 9.26 Å². The van der Waals surface area contributed by atoms with Gasteiger partial charge in [0.25, 0.3) is 5.91 Å². The fourth-order valence-corrected chi connectivity index (χ4v) is 4.38. The summed E-state index contributed by atoms with van der Waals surface area (Å²) in [6, 6.07) is 9.17. The normalized spacial score (nSPS) is 19.3. The fraction of sp³-hybridized carbons (Fsp3) is 0.478. The van der Waals surface area contributed by atoms with Crippen molar-refractivity contribution in [1.82, 2.24) is 20.3 Å². The molecule has 2 aliphatic rings. The smallest absolute Gasteiger partial charge is 0.290 e. The summed E-state index contributed by atoms with van der Waals surface area (Å²) < 4.78 is 10.6. The Morgan fingerprint density at radius 2 is 2.00 bits per heavy atom. The van der Waals surface area contributed by atoms with E-state index in [1.807, 2.05) is 29.2 Å². The van der Waals surface area contributed by atoms with Crippen molar-refractivity contribution in [3.8, 4) is 5.75 Å². The first-order valence-electron chi connectivity index (χ1n) is 10.9. The Kier molecular flexibility index (Phi) is 6.43. The second kappa shape index (κ2) is 9.42. The topological polar surface area (TPSA) is 105 Å². The number of hydrogen-bond donors (Lipinski definition) is 1. The van der Waals surface area contributed by atoms with Crippen molar-refractivity contribution in [1.29, 1.82) is 0 Å². The van der Waals surface area contributed by atoms with Gasteiger partial charge in [0, 0.05) is 57.2 Å². The van der Waals surface area contributed by atoms with Gasteiger partial charge in [0.15, 0.2) is 0 Å². The number of nitrogens with zero attached hydrogens (tertiary/aromatic N) is 3. The Labute approximate surface area is 186 Å². The summed E-state index contributed by atoms with van der Waals surface area (Å²) in [7, 11) is 3.32. The molecule has 0 radical (unpaired) electrons. The van der Waals surface area contributed by atoms with E-state index in [0.29, 0.717) is 38.3 Å². The molecule has 2 fully saturated rings. The van der Waals surface area contributed by atoms with Gasteiger partial charge < -0.3 is 24.4 Å². The largest absolute Gasteiger partial charge is 0.496 e. The lowest BCUT2D eigenvalue weighted by Gasteiger charge is -2.32. The minimum atomic E-state index is -0.336. The molecule has 2 saturated heterocycles. The van der Waals surface area contributed by atoms with Crippen LogP contribution < -0.4 is 10.1 Å². The summed E-state index contributed by atoms with van der Waals surface area (Å²) >= 11 is 0. The molecular formula is C23H28N4O5. The zero-order chi connectivity index (χ0) is 22.7. The van der Waals surface area contributed by atoms with Crippen LogP contribution in [0.5, 0.6) is 5.75 Å². The van der Waals surface area contributed by atoms with Gasteiger partial charge in [-0.2, -0.15) is 0 Å². The highest BCUT2D eigenvalue weighted by Gasteiger charge is 2.36. The van der Waals surface area contributed by atoms with Gasteiger partial charge in [0.2, 0.25) is 17.6 Å². The average molecular weight is 441 g/mol. The summed E-state index contributed by atoms with van der Waals surface area (Å²) in [4.78, 5) is 40.4. The maximum absolute atomic E-state index is 12.7. The molecule has 0 aliphatic carbocycles. The quantitative estimate of drug-likeness (QED) is 0.734. The minimum Gasteiger partial charge on any atom is -0.496 e. The molecule has 1 aromatic heterocycles. The molecule has 1 N–H and O–H groups in total. The van der Waals surface area contributed by atoms with Crippen molar-refractivity contribution in [2.45, 2.75) is 31.7 Å². The number of piperidine rings is 1. The number of rotatable bonds is 6. The third-order valence-electron chi connectivity index (χ3n) is 6.30. The van der Waals surface area contributed by atoms with Crippen LogP contribution in [0.3, 0.4) is 0 Å². The predicted molar refractivity (Wildman–Crippen MR) is 115 cm³/mol. The van der Waals surface area contributed by atoms with E-state index in [-0.39, 0.29) is 35.3 Å². The molecule has 1 aromatic carbocycles. The Bertz CT molecular complexity index is 996. The lowest BCUT2D eigenvalue weighted by atomic mass is 9.92. The zero-order valence-corrected chi connectivity index (χ0v) is 18.4. The monoisotopic (exact) mass is 440 g/mol. The van der Waals surface area contributed by atoms with Crippen molar-refractivity contribution in [3.63, 3.8) is 0 Å². The number of nitrogens with one attached hydrogen (secondary N) is 1. The standard InChI is InChI=1S/C23H28N4O5/c1-26-14-17(11-21(26)28)23(30)27-9-7-15(8-10-27)18-12-20(32-25-18)22(29)24-13-16-5-3-4-6-19(16)31-2/h3-6,12,15,17H,7-11,13-14H2,1-2H3,(H,24,29)/t17-/m1/s1. The molecule has 9 nitrogen and oxygen atoms in total. The van der Waals surface area contributed by atoms with Gasteiger partial charge in [-0.25, -0.2) is 0 Å². The van der Waals surface area contributed by atoms with Crippen molar-refractivity contribution in [2.24, 2.45) is 5.92 Å². The van der Waals surface area contributed by atoms with Crippen LogP contribution in [-0.4, -0.2) is 66.5 Å². The average Bonchev–Trinajstić information content (AvgIpc) is 3.44. The SMILES string of the molecule is COc1ccccc1CNC(=O)c1cc(C2CCN(C(=O)[C@@H]3CC(=O)N(C)C3)CC2)no1. The van der Waals surface area contributed by atoms with E-state index in [2.05, 4.69) is 10.5 Å². The molecule has 9 heteroatoms. The molecule has 32 heavy (non-hydrogen) atoms. The van der Waals surface area contributed by atoms with Gasteiger partial charge in [0.1, 0.15) is 5.75 Å². The summed E-state index contributed by atoms with van der Waals surface area (Å²) in [6.07, 6.45) is 1.79. The number of benzene rings is 1. The Morgan fingerprint density at radius 3 is 2.69 bits per heavy atom. The highest BCUT2D eigenvalue weighted by atomic mass is 16.5. The summed E-state index contributed by atoms with van der Waals surface area (Å²) in [5.74, 6) is 0.510. The first kappa shape index (κ1) is 21.9. The maximum atomic E-state index is 12.7. The molecule has 0 saturated carbocycles. The molecular weight excluding hydrogens is 412 g/mol. The third-order valence-corrected chi connectivity index (χ3v) is 6.30. The number of hydrogen-bond acceptors (Lipinski definition) is 6. The molecule has 2 aromatic rings. The molecule has 170 valence electrons. The van der Waals surface area contributed by atoms with E-state index < -0.39 is 0 Å².